The van der Waals surface area contributed by atoms with E-state index in [9.17, 15) is 4.79 Å². The van der Waals surface area contributed by atoms with Crippen molar-refractivity contribution in [1.29, 1.82) is 5.41 Å². The Balaban J connectivity index is 1.38. The number of nitrogens with one attached hydrogen (secondary N) is 1. The first-order chi connectivity index (χ1) is 16.8. The highest BCUT2D eigenvalue weighted by molar-refractivity contribution is 8.26. The van der Waals surface area contributed by atoms with Crippen LogP contribution in [0.3, 0.4) is 0 Å². The van der Waals surface area contributed by atoms with Crippen molar-refractivity contribution in [2.45, 2.75) is 72.6 Å². The summed E-state index contributed by atoms with van der Waals surface area (Å²) in [5, 5.41) is 16.4. The van der Waals surface area contributed by atoms with E-state index in [0.717, 1.165) is 46.4 Å². The van der Waals surface area contributed by atoms with Gasteiger partial charge in [-0.2, -0.15) is 15.1 Å². The highest BCUT2D eigenvalue weighted by atomic mass is 32.2. The van der Waals surface area contributed by atoms with E-state index in [1.807, 2.05) is 6.92 Å². The molecule has 0 unspecified atom stereocenters. The molecule has 3 aliphatic rings. The van der Waals surface area contributed by atoms with Crippen molar-refractivity contribution in [2.24, 2.45) is 16.0 Å². The van der Waals surface area contributed by atoms with Gasteiger partial charge in [-0.3, -0.25) is 10.2 Å². The lowest BCUT2D eigenvalue weighted by molar-refractivity contribution is -0.114. The third-order valence-corrected chi connectivity index (χ3v) is 8.47. The van der Waals surface area contributed by atoms with Gasteiger partial charge in [0.25, 0.3) is 5.91 Å². The molecule has 1 aromatic carbocycles. The van der Waals surface area contributed by atoms with Crippen LogP contribution in [-0.4, -0.2) is 31.5 Å². The first kappa shape index (κ1) is 23.8. The van der Waals surface area contributed by atoms with Gasteiger partial charge in [-0.1, -0.05) is 38.2 Å². The Hall–Kier alpha value is -2.93. The Morgan fingerprint density at radius 2 is 1.86 bits per heavy atom. The molecule has 0 bridgehead atoms. The highest BCUT2D eigenvalue weighted by Crippen LogP contribution is 2.33. The third kappa shape index (κ3) is 4.66. The van der Waals surface area contributed by atoms with Crippen LogP contribution in [0.4, 0.5) is 0 Å². The minimum absolute atomic E-state index is 0.108. The summed E-state index contributed by atoms with van der Waals surface area (Å²) in [5.41, 5.74) is 6.91. The summed E-state index contributed by atoms with van der Waals surface area (Å²) in [6.45, 7) is 8.34. The van der Waals surface area contributed by atoms with Gasteiger partial charge in [-0.05, 0) is 99.2 Å². The number of carbonyl (C=O) groups excluding carboxylic acids is 1. The summed E-state index contributed by atoms with van der Waals surface area (Å²) in [4.78, 5) is 17.2. The van der Waals surface area contributed by atoms with E-state index in [4.69, 9.17) is 5.41 Å². The molecular formula is C28H33N5OS. The number of rotatable bonds is 5. The van der Waals surface area contributed by atoms with E-state index in [1.54, 1.807) is 6.08 Å². The minimum Gasteiger partial charge on any atom is -0.318 e. The predicted octanol–water partition coefficient (Wildman–Crippen LogP) is 6.69. The first-order valence-electron chi connectivity index (χ1n) is 12.6. The van der Waals surface area contributed by atoms with E-state index < -0.39 is 0 Å². The molecule has 1 saturated carbocycles. The standard InChI is InChI=1S/C28H33N5OS/c1-17-10-12-23(14-18(17)2)32-19(3)15-22(20(32)4)16-24-26(29)33-28(30-27(24)34)35-25(31-33)13-11-21-8-6-5-7-9-21/h10,12,14-16,21,29H,5-9,11,13H2,1-4H3/b24-16+,29-26?. The van der Waals surface area contributed by atoms with Crippen LogP contribution >= 0.6 is 11.8 Å². The second-order valence-corrected chi connectivity index (χ2v) is 11.0. The Morgan fingerprint density at radius 1 is 1.09 bits per heavy atom. The summed E-state index contributed by atoms with van der Waals surface area (Å²) in [6.07, 6.45) is 10.5. The Bertz CT molecular complexity index is 1290. The molecule has 182 valence electrons. The second kappa shape index (κ2) is 9.61. The fourth-order valence-electron chi connectivity index (χ4n) is 5.29. The van der Waals surface area contributed by atoms with Crippen molar-refractivity contribution in [2.75, 3.05) is 0 Å². The fraction of sp³-hybridized carbons (Fsp3) is 0.429. The third-order valence-electron chi connectivity index (χ3n) is 7.51. The van der Waals surface area contributed by atoms with Crippen molar-refractivity contribution < 1.29 is 4.79 Å². The maximum Gasteiger partial charge on any atom is 0.283 e. The number of amidine groups is 2. The van der Waals surface area contributed by atoms with Crippen LogP contribution < -0.4 is 0 Å². The van der Waals surface area contributed by atoms with Gasteiger partial charge < -0.3 is 4.57 Å². The summed E-state index contributed by atoms with van der Waals surface area (Å²) in [5.74, 6) is 0.514. The van der Waals surface area contributed by atoms with Crippen LogP contribution in [-0.2, 0) is 4.79 Å². The predicted molar refractivity (Wildman–Crippen MR) is 146 cm³/mol. The van der Waals surface area contributed by atoms with Crippen LogP contribution in [0.1, 0.15) is 73.0 Å². The monoisotopic (exact) mass is 487 g/mol. The lowest BCUT2D eigenvalue weighted by Crippen LogP contribution is -2.35. The second-order valence-electron chi connectivity index (χ2n) is 9.99. The molecule has 0 radical (unpaired) electrons. The maximum atomic E-state index is 12.9. The number of hydrazone groups is 1. The number of hydrogen-bond acceptors (Lipinski definition) is 4. The number of benzene rings is 1. The van der Waals surface area contributed by atoms with E-state index in [1.165, 1.54) is 60.0 Å². The van der Waals surface area contributed by atoms with Crippen molar-refractivity contribution in [1.82, 2.24) is 9.58 Å². The van der Waals surface area contributed by atoms with Crippen LogP contribution in [0.15, 0.2) is 39.9 Å². The Labute approximate surface area is 211 Å². The zero-order valence-corrected chi connectivity index (χ0v) is 21.8. The number of thioether (sulfide) groups is 1. The van der Waals surface area contributed by atoms with Gasteiger partial charge in [0.2, 0.25) is 5.17 Å². The molecule has 3 heterocycles. The van der Waals surface area contributed by atoms with Gasteiger partial charge in [0.15, 0.2) is 5.84 Å². The molecule has 1 aliphatic carbocycles. The molecule has 0 spiro atoms. The van der Waals surface area contributed by atoms with E-state index >= 15 is 0 Å². The van der Waals surface area contributed by atoms with E-state index in [2.05, 4.69) is 59.7 Å². The molecule has 1 amide bonds. The summed E-state index contributed by atoms with van der Waals surface area (Å²) in [6, 6.07) is 8.50. The largest absolute Gasteiger partial charge is 0.318 e. The molecule has 1 aromatic heterocycles. The van der Waals surface area contributed by atoms with Gasteiger partial charge in [-0.25, -0.2) is 0 Å². The molecule has 5 rings (SSSR count). The SMILES string of the molecule is Cc1ccc(-n2c(C)cc(/C=C3\C(=N)N4N=C(CCC5CCCCC5)SC4=NC3=O)c2C)cc1C. The zero-order valence-electron chi connectivity index (χ0n) is 21.0. The van der Waals surface area contributed by atoms with Crippen LogP contribution in [0, 0.1) is 39.0 Å². The number of aromatic nitrogens is 1. The quantitative estimate of drug-likeness (QED) is 0.477. The minimum atomic E-state index is -0.367. The van der Waals surface area contributed by atoms with E-state index in [-0.39, 0.29) is 17.3 Å². The van der Waals surface area contributed by atoms with Gasteiger partial charge in [-0.15, -0.1) is 0 Å². The molecule has 35 heavy (non-hydrogen) atoms. The number of carbonyl (C=O) groups is 1. The molecular weight excluding hydrogens is 454 g/mol. The van der Waals surface area contributed by atoms with Crippen molar-refractivity contribution in [3.05, 3.63) is 57.9 Å². The first-order valence-corrected chi connectivity index (χ1v) is 13.4. The van der Waals surface area contributed by atoms with Gasteiger partial charge >= 0.3 is 0 Å². The number of aliphatic imine (C=N–C) groups is 1. The highest BCUT2D eigenvalue weighted by Gasteiger charge is 2.35. The normalized spacial score (nSPS) is 19.9. The molecule has 2 aliphatic heterocycles. The number of hydrogen-bond donors (Lipinski definition) is 1. The molecule has 2 aromatic rings. The van der Waals surface area contributed by atoms with Crippen LogP contribution in [0.2, 0.25) is 0 Å². The van der Waals surface area contributed by atoms with Crippen LogP contribution in [0.25, 0.3) is 11.8 Å². The fourth-order valence-corrected chi connectivity index (χ4v) is 6.19. The van der Waals surface area contributed by atoms with Gasteiger partial charge in [0, 0.05) is 17.1 Å². The topological polar surface area (TPSA) is 73.8 Å². The van der Waals surface area contributed by atoms with Gasteiger partial charge in [0.1, 0.15) is 5.04 Å². The lowest BCUT2D eigenvalue weighted by Gasteiger charge is -2.20. The van der Waals surface area contributed by atoms with Crippen LogP contribution in [0.5, 0.6) is 0 Å². The molecule has 7 heteroatoms. The lowest BCUT2D eigenvalue weighted by atomic mass is 9.86. The average Bonchev–Trinajstić information content (AvgIpc) is 3.37. The number of aryl methyl sites for hydroxylation is 3. The summed E-state index contributed by atoms with van der Waals surface area (Å²) in [7, 11) is 0. The molecule has 0 atom stereocenters. The van der Waals surface area contributed by atoms with E-state index in [0.29, 0.717) is 5.17 Å². The smallest absolute Gasteiger partial charge is 0.283 e. The van der Waals surface area contributed by atoms with Crippen molar-refractivity contribution in [3.8, 4) is 5.69 Å². The Kier molecular flexibility index (Phi) is 6.53. The summed E-state index contributed by atoms with van der Waals surface area (Å²) < 4.78 is 2.19. The number of amides is 1. The molecule has 1 fully saturated rings. The molecule has 1 N–H and O–H groups in total. The Morgan fingerprint density at radius 3 is 2.60 bits per heavy atom. The average molecular weight is 488 g/mol. The number of nitrogens with zero attached hydrogens (tertiary/aromatic N) is 4. The van der Waals surface area contributed by atoms with Crippen molar-refractivity contribution in [3.63, 3.8) is 0 Å². The summed E-state index contributed by atoms with van der Waals surface area (Å²) >= 11 is 1.44. The van der Waals surface area contributed by atoms with Crippen molar-refractivity contribution >= 4 is 39.8 Å². The zero-order chi connectivity index (χ0) is 24.7. The molecule has 0 saturated heterocycles. The molecule has 6 nitrogen and oxygen atoms in total. The maximum absolute atomic E-state index is 12.9. The number of fused-ring (bicyclic) bond motifs is 1. The van der Waals surface area contributed by atoms with Gasteiger partial charge in [0.05, 0.1) is 5.57 Å².